The molecule has 0 radical (unpaired) electrons. The minimum Gasteiger partial charge on any atom is -0.316 e. The maximum Gasteiger partial charge on any atom is 0.123 e. The molecule has 1 N–H and O–H groups in total. The van der Waals surface area contributed by atoms with Crippen LogP contribution in [0.25, 0.3) is 0 Å². The van der Waals surface area contributed by atoms with Gasteiger partial charge in [-0.15, -0.1) is 0 Å². The summed E-state index contributed by atoms with van der Waals surface area (Å²) in [7, 11) is 0. The highest BCUT2D eigenvalue weighted by Crippen LogP contribution is 2.47. The first-order valence-corrected chi connectivity index (χ1v) is 6.13. The highest BCUT2D eigenvalue weighted by atomic mass is 19.1. The van der Waals surface area contributed by atoms with Gasteiger partial charge in [-0.3, -0.25) is 0 Å². The Labute approximate surface area is 97.1 Å². The molecule has 1 saturated carbocycles. The predicted octanol–water partition coefficient (Wildman–Crippen LogP) is 3.10. The highest BCUT2D eigenvalue weighted by molar-refractivity contribution is 5.30. The number of nitrogens with one attached hydrogen (secondary N) is 1. The van der Waals surface area contributed by atoms with Gasteiger partial charge in [-0.25, -0.2) is 4.39 Å². The standard InChI is InChI=1S/C14H20FN/c1-3-16-10-14(8-11(2)9-14)12-5-4-6-13(15)7-12/h4-7,11,16H,3,8-10H2,1-2H3. The summed E-state index contributed by atoms with van der Waals surface area (Å²) < 4.78 is 13.3. The van der Waals surface area contributed by atoms with Gasteiger partial charge in [-0.2, -0.15) is 0 Å². The summed E-state index contributed by atoms with van der Waals surface area (Å²) in [4.78, 5) is 0. The number of hydrogen-bond donors (Lipinski definition) is 1. The van der Waals surface area contributed by atoms with E-state index in [1.807, 2.05) is 6.07 Å². The fraction of sp³-hybridized carbons (Fsp3) is 0.571. The average Bonchev–Trinajstić information content (AvgIpc) is 2.22. The van der Waals surface area contributed by atoms with Crippen molar-refractivity contribution < 1.29 is 4.39 Å². The molecule has 1 aliphatic carbocycles. The Kier molecular flexibility index (Phi) is 3.29. The molecule has 1 nitrogen and oxygen atoms in total. The fourth-order valence-electron chi connectivity index (χ4n) is 2.94. The Balaban J connectivity index is 2.19. The molecule has 16 heavy (non-hydrogen) atoms. The van der Waals surface area contributed by atoms with E-state index >= 15 is 0 Å². The lowest BCUT2D eigenvalue weighted by Gasteiger charge is -2.47. The van der Waals surface area contributed by atoms with Gasteiger partial charge in [0, 0.05) is 12.0 Å². The summed E-state index contributed by atoms with van der Waals surface area (Å²) in [5.74, 6) is 0.648. The second kappa shape index (κ2) is 4.54. The fourth-order valence-corrected chi connectivity index (χ4v) is 2.94. The van der Waals surface area contributed by atoms with Crippen molar-refractivity contribution >= 4 is 0 Å². The molecule has 1 aliphatic rings. The van der Waals surface area contributed by atoms with Crippen molar-refractivity contribution in [1.29, 1.82) is 0 Å². The first kappa shape index (κ1) is 11.6. The molecule has 0 bridgehead atoms. The van der Waals surface area contributed by atoms with Crippen LogP contribution in [0.3, 0.4) is 0 Å². The van der Waals surface area contributed by atoms with Crippen LogP contribution in [0.1, 0.15) is 32.3 Å². The summed E-state index contributed by atoms with van der Waals surface area (Å²) in [6.07, 6.45) is 2.34. The maximum absolute atomic E-state index is 13.3. The van der Waals surface area contributed by atoms with Crippen LogP contribution in [-0.2, 0) is 5.41 Å². The van der Waals surface area contributed by atoms with Crippen molar-refractivity contribution in [3.63, 3.8) is 0 Å². The molecular formula is C14H20FN. The summed E-state index contributed by atoms with van der Waals surface area (Å²) in [5, 5.41) is 3.41. The molecule has 1 aromatic carbocycles. The van der Waals surface area contributed by atoms with E-state index in [9.17, 15) is 4.39 Å². The van der Waals surface area contributed by atoms with Crippen LogP contribution in [0.15, 0.2) is 24.3 Å². The normalized spacial score (nSPS) is 28.8. The molecule has 0 saturated heterocycles. The minimum atomic E-state index is -0.118. The molecule has 0 spiro atoms. The van der Waals surface area contributed by atoms with Gasteiger partial charge in [0.25, 0.3) is 0 Å². The van der Waals surface area contributed by atoms with E-state index in [-0.39, 0.29) is 11.2 Å². The van der Waals surface area contributed by atoms with Crippen molar-refractivity contribution in [2.45, 2.75) is 32.1 Å². The SMILES string of the molecule is CCNCC1(c2cccc(F)c2)CC(C)C1. The lowest BCUT2D eigenvalue weighted by molar-refractivity contribution is 0.153. The molecule has 0 aromatic heterocycles. The third-order valence-corrected chi connectivity index (χ3v) is 3.63. The van der Waals surface area contributed by atoms with Crippen LogP contribution in [0.4, 0.5) is 4.39 Å². The van der Waals surface area contributed by atoms with Gasteiger partial charge in [0.15, 0.2) is 0 Å². The molecule has 1 fully saturated rings. The Bertz CT molecular complexity index is 356. The van der Waals surface area contributed by atoms with E-state index in [1.165, 1.54) is 18.9 Å². The zero-order valence-electron chi connectivity index (χ0n) is 10.1. The third-order valence-electron chi connectivity index (χ3n) is 3.63. The number of hydrogen-bond acceptors (Lipinski definition) is 1. The topological polar surface area (TPSA) is 12.0 Å². The van der Waals surface area contributed by atoms with E-state index in [0.29, 0.717) is 0 Å². The molecule has 0 amide bonds. The van der Waals surface area contributed by atoms with Crippen molar-refractivity contribution in [1.82, 2.24) is 5.32 Å². The molecule has 0 atom stereocenters. The Morgan fingerprint density at radius 3 is 2.75 bits per heavy atom. The van der Waals surface area contributed by atoms with Gasteiger partial charge >= 0.3 is 0 Å². The van der Waals surface area contributed by atoms with Crippen LogP contribution in [0, 0.1) is 11.7 Å². The van der Waals surface area contributed by atoms with Crippen LogP contribution in [0.2, 0.25) is 0 Å². The number of rotatable bonds is 4. The monoisotopic (exact) mass is 221 g/mol. The lowest BCUT2D eigenvalue weighted by atomic mass is 9.59. The number of likely N-dealkylation sites (N-methyl/N-ethyl adjacent to an activating group) is 1. The first-order valence-electron chi connectivity index (χ1n) is 6.13. The lowest BCUT2D eigenvalue weighted by Crippen LogP contribution is -2.47. The van der Waals surface area contributed by atoms with Crippen LogP contribution in [0.5, 0.6) is 0 Å². The van der Waals surface area contributed by atoms with E-state index in [4.69, 9.17) is 0 Å². The summed E-state index contributed by atoms with van der Waals surface area (Å²) in [6, 6.07) is 7.10. The molecular weight excluding hydrogens is 201 g/mol. The molecule has 2 heteroatoms. The van der Waals surface area contributed by atoms with Crippen LogP contribution >= 0.6 is 0 Å². The summed E-state index contributed by atoms with van der Waals surface area (Å²) >= 11 is 0. The minimum absolute atomic E-state index is 0.118. The van der Waals surface area contributed by atoms with Crippen molar-refractivity contribution in [2.24, 2.45) is 5.92 Å². The number of benzene rings is 1. The Morgan fingerprint density at radius 1 is 1.44 bits per heavy atom. The average molecular weight is 221 g/mol. The smallest absolute Gasteiger partial charge is 0.123 e. The van der Waals surface area contributed by atoms with E-state index < -0.39 is 0 Å². The van der Waals surface area contributed by atoms with Crippen molar-refractivity contribution in [3.05, 3.63) is 35.6 Å². The van der Waals surface area contributed by atoms with Gasteiger partial charge < -0.3 is 5.32 Å². The van der Waals surface area contributed by atoms with Crippen molar-refractivity contribution in [3.8, 4) is 0 Å². The second-order valence-corrected chi connectivity index (χ2v) is 5.08. The van der Waals surface area contributed by atoms with E-state index in [2.05, 4.69) is 25.2 Å². The van der Waals surface area contributed by atoms with Crippen LogP contribution in [-0.4, -0.2) is 13.1 Å². The quantitative estimate of drug-likeness (QED) is 0.823. The Hall–Kier alpha value is -0.890. The molecule has 1 aromatic rings. The van der Waals surface area contributed by atoms with E-state index in [0.717, 1.165) is 24.6 Å². The zero-order valence-corrected chi connectivity index (χ0v) is 10.1. The molecule has 0 unspecified atom stereocenters. The van der Waals surface area contributed by atoms with Gasteiger partial charge in [0.2, 0.25) is 0 Å². The van der Waals surface area contributed by atoms with Gasteiger partial charge in [-0.05, 0) is 43.0 Å². The molecule has 0 heterocycles. The second-order valence-electron chi connectivity index (χ2n) is 5.08. The van der Waals surface area contributed by atoms with Gasteiger partial charge in [0.1, 0.15) is 5.82 Å². The maximum atomic E-state index is 13.3. The molecule has 2 rings (SSSR count). The summed E-state index contributed by atoms with van der Waals surface area (Å²) in [5.41, 5.74) is 1.34. The highest BCUT2D eigenvalue weighted by Gasteiger charge is 2.42. The molecule has 0 aliphatic heterocycles. The summed E-state index contributed by atoms with van der Waals surface area (Å²) in [6.45, 7) is 6.33. The first-order chi connectivity index (χ1) is 7.66. The van der Waals surface area contributed by atoms with Crippen LogP contribution < -0.4 is 5.32 Å². The number of halogens is 1. The Morgan fingerprint density at radius 2 is 2.19 bits per heavy atom. The predicted molar refractivity (Wildman–Crippen MR) is 65.0 cm³/mol. The third kappa shape index (κ3) is 2.12. The zero-order chi connectivity index (χ0) is 11.6. The van der Waals surface area contributed by atoms with Crippen molar-refractivity contribution in [2.75, 3.05) is 13.1 Å². The van der Waals surface area contributed by atoms with Gasteiger partial charge in [0.05, 0.1) is 0 Å². The van der Waals surface area contributed by atoms with Gasteiger partial charge in [-0.1, -0.05) is 26.0 Å². The molecule has 88 valence electrons. The largest absolute Gasteiger partial charge is 0.316 e. The van der Waals surface area contributed by atoms with E-state index in [1.54, 1.807) is 6.07 Å².